The molecule has 0 fully saturated rings. The van der Waals surface area contributed by atoms with E-state index in [2.05, 4.69) is 21.8 Å². The molecule has 0 bridgehead atoms. The molecule has 0 spiro atoms. The third-order valence-electron chi connectivity index (χ3n) is 2.83. The van der Waals surface area contributed by atoms with Crippen molar-refractivity contribution >= 4 is 11.6 Å². The number of anilines is 1. The Labute approximate surface area is 117 Å². The average molecular weight is 274 g/mol. The molecule has 2 rings (SSSR count). The Bertz CT molecular complexity index is 580. The summed E-state index contributed by atoms with van der Waals surface area (Å²) in [5.41, 5.74) is 7.06. The zero-order valence-corrected chi connectivity index (χ0v) is 11.4. The Kier molecular flexibility index (Phi) is 4.60. The average Bonchev–Trinajstić information content (AvgIpc) is 2.91. The number of rotatable bonds is 7. The summed E-state index contributed by atoms with van der Waals surface area (Å²) >= 11 is 0. The van der Waals surface area contributed by atoms with E-state index in [1.54, 1.807) is 6.07 Å². The van der Waals surface area contributed by atoms with E-state index in [1.165, 1.54) is 0 Å². The molecule has 0 radical (unpaired) electrons. The van der Waals surface area contributed by atoms with Gasteiger partial charge in [0.05, 0.1) is 18.6 Å². The minimum Gasteiger partial charge on any atom is -0.484 e. The first kappa shape index (κ1) is 13.9. The number of nitrogens with two attached hydrogens (primary N) is 1. The normalized spacial score (nSPS) is 10.2. The van der Waals surface area contributed by atoms with Crippen molar-refractivity contribution < 1.29 is 9.53 Å². The lowest BCUT2D eigenvalue weighted by Crippen LogP contribution is -2.20. The molecule has 0 atom stereocenters. The molecule has 3 N–H and O–H groups in total. The smallest absolute Gasteiger partial charge is 0.255 e. The third-order valence-corrected chi connectivity index (χ3v) is 2.83. The molecule has 6 nitrogen and oxygen atoms in total. The molecular formula is C14H18N4O2. The summed E-state index contributed by atoms with van der Waals surface area (Å²) in [7, 11) is 0. The summed E-state index contributed by atoms with van der Waals surface area (Å²) in [5.74, 6) is 0.119. The van der Waals surface area contributed by atoms with Crippen LogP contribution in [-0.4, -0.2) is 22.1 Å². The van der Waals surface area contributed by atoms with Gasteiger partial charge in [-0.05, 0) is 19.1 Å². The van der Waals surface area contributed by atoms with E-state index >= 15 is 0 Å². The number of imidazole rings is 1. The van der Waals surface area contributed by atoms with Crippen molar-refractivity contribution in [2.75, 3.05) is 11.9 Å². The number of nitrogens with one attached hydrogen (secondary N) is 1. The maximum atomic E-state index is 10.7. The number of ether oxygens (including phenoxy) is 1. The van der Waals surface area contributed by atoms with E-state index in [0.717, 1.165) is 17.9 Å². The highest BCUT2D eigenvalue weighted by Gasteiger charge is 2.02. The summed E-state index contributed by atoms with van der Waals surface area (Å²) < 4.78 is 7.33. The number of benzene rings is 1. The molecule has 0 unspecified atom stereocenters. The Balaban J connectivity index is 1.96. The second-order valence-corrected chi connectivity index (χ2v) is 4.31. The van der Waals surface area contributed by atoms with E-state index in [4.69, 9.17) is 10.5 Å². The van der Waals surface area contributed by atoms with Crippen molar-refractivity contribution in [3.8, 4) is 5.75 Å². The van der Waals surface area contributed by atoms with Gasteiger partial charge in [-0.25, -0.2) is 4.98 Å². The number of carbonyl (C=O) groups excluding carboxylic acids is 1. The molecule has 0 saturated carbocycles. The van der Waals surface area contributed by atoms with Gasteiger partial charge in [0.25, 0.3) is 5.91 Å². The Morgan fingerprint density at radius 3 is 3.10 bits per heavy atom. The van der Waals surface area contributed by atoms with Crippen molar-refractivity contribution in [2.24, 2.45) is 5.73 Å². The number of aromatic nitrogens is 2. The highest BCUT2D eigenvalue weighted by molar-refractivity contribution is 5.75. The Morgan fingerprint density at radius 1 is 1.50 bits per heavy atom. The van der Waals surface area contributed by atoms with Crippen LogP contribution in [0.2, 0.25) is 0 Å². The predicted octanol–water partition coefficient (Wildman–Crippen LogP) is 1.38. The van der Waals surface area contributed by atoms with Crippen LogP contribution >= 0.6 is 0 Å². The lowest BCUT2D eigenvalue weighted by Gasteiger charge is -2.10. The van der Waals surface area contributed by atoms with Crippen LogP contribution in [0.5, 0.6) is 5.75 Å². The fourth-order valence-corrected chi connectivity index (χ4v) is 1.82. The van der Waals surface area contributed by atoms with Crippen LogP contribution in [0.15, 0.2) is 36.8 Å². The number of nitrogens with zero attached hydrogens (tertiary/aromatic N) is 2. The van der Waals surface area contributed by atoms with Gasteiger partial charge in [0.2, 0.25) is 0 Å². The topological polar surface area (TPSA) is 82.2 Å². The third kappa shape index (κ3) is 3.74. The van der Waals surface area contributed by atoms with Crippen LogP contribution in [0.3, 0.4) is 0 Å². The first-order chi connectivity index (χ1) is 9.69. The first-order valence-electron chi connectivity index (χ1n) is 6.43. The fourth-order valence-electron chi connectivity index (χ4n) is 1.82. The number of hydrogen-bond acceptors (Lipinski definition) is 4. The van der Waals surface area contributed by atoms with Crippen LogP contribution in [0.25, 0.3) is 0 Å². The van der Waals surface area contributed by atoms with E-state index < -0.39 is 5.91 Å². The molecule has 0 aliphatic heterocycles. The van der Waals surface area contributed by atoms with Gasteiger partial charge in [-0.1, -0.05) is 6.07 Å². The van der Waals surface area contributed by atoms with Gasteiger partial charge >= 0.3 is 0 Å². The second-order valence-electron chi connectivity index (χ2n) is 4.31. The van der Waals surface area contributed by atoms with Crippen molar-refractivity contribution in [2.45, 2.75) is 20.0 Å². The number of amides is 1. The standard InChI is InChI=1S/C14H18N4O2/c1-2-18-10-16-7-12(18)8-17-11-4-3-5-13(6-11)20-9-14(15)19/h3-7,10,17H,2,8-9H2,1H3,(H2,15,19). The van der Waals surface area contributed by atoms with Crippen LogP contribution in [0, 0.1) is 0 Å². The lowest BCUT2D eigenvalue weighted by atomic mass is 10.3. The van der Waals surface area contributed by atoms with E-state index in [9.17, 15) is 4.79 Å². The SMILES string of the molecule is CCn1cncc1CNc1cccc(OCC(N)=O)c1. The number of hydrogen-bond donors (Lipinski definition) is 2. The van der Waals surface area contributed by atoms with Gasteiger partial charge in [-0.15, -0.1) is 0 Å². The van der Waals surface area contributed by atoms with Crippen molar-refractivity contribution in [1.82, 2.24) is 9.55 Å². The highest BCUT2D eigenvalue weighted by Crippen LogP contribution is 2.18. The number of primary amides is 1. The fraction of sp³-hybridized carbons (Fsp3) is 0.286. The predicted molar refractivity (Wildman–Crippen MR) is 76.4 cm³/mol. The van der Waals surface area contributed by atoms with Gasteiger partial charge in [0, 0.05) is 24.5 Å². The quantitative estimate of drug-likeness (QED) is 0.799. The minimum atomic E-state index is -0.491. The van der Waals surface area contributed by atoms with Gasteiger partial charge in [-0.3, -0.25) is 4.79 Å². The molecular weight excluding hydrogens is 256 g/mol. The summed E-state index contributed by atoms with van der Waals surface area (Å²) in [4.78, 5) is 14.8. The van der Waals surface area contributed by atoms with Crippen molar-refractivity contribution in [3.63, 3.8) is 0 Å². The van der Waals surface area contributed by atoms with Gasteiger partial charge < -0.3 is 20.4 Å². The van der Waals surface area contributed by atoms with Crippen LogP contribution in [-0.2, 0) is 17.9 Å². The van der Waals surface area contributed by atoms with Crippen LogP contribution in [0.1, 0.15) is 12.6 Å². The van der Waals surface area contributed by atoms with Crippen LogP contribution in [0.4, 0.5) is 5.69 Å². The molecule has 0 aliphatic rings. The molecule has 1 aromatic carbocycles. The first-order valence-corrected chi connectivity index (χ1v) is 6.43. The summed E-state index contributed by atoms with van der Waals surface area (Å²) in [5, 5.41) is 3.29. The molecule has 1 amide bonds. The molecule has 1 aromatic heterocycles. The van der Waals surface area contributed by atoms with Gasteiger partial charge in [0.1, 0.15) is 5.75 Å². The molecule has 1 heterocycles. The van der Waals surface area contributed by atoms with Crippen LogP contribution < -0.4 is 15.8 Å². The Hall–Kier alpha value is -2.50. The molecule has 106 valence electrons. The zero-order chi connectivity index (χ0) is 14.4. The van der Waals surface area contributed by atoms with Crippen molar-refractivity contribution in [1.29, 1.82) is 0 Å². The van der Waals surface area contributed by atoms with Gasteiger partial charge in [0.15, 0.2) is 6.61 Å². The summed E-state index contributed by atoms with van der Waals surface area (Å²) in [6, 6.07) is 7.40. The maximum absolute atomic E-state index is 10.7. The summed E-state index contributed by atoms with van der Waals surface area (Å²) in [6.45, 7) is 3.52. The monoisotopic (exact) mass is 274 g/mol. The summed E-state index contributed by atoms with van der Waals surface area (Å²) in [6.07, 6.45) is 3.65. The van der Waals surface area contributed by atoms with E-state index in [-0.39, 0.29) is 6.61 Å². The van der Waals surface area contributed by atoms with Gasteiger partial charge in [-0.2, -0.15) is 0 Å². The second kappa shape index (κ2) is 6.60. The van der Waals surface area contributed by atoms with E-state index in [0.29, 0.717) is 12.3 Å². The molecule has 2 aromatic rings. The van der Waals surface area contributed by atoms with Crippen molar-refractivity contribution in [3.05, 3.63) is 42.5 Å². The van der Waals surface area contributed by atoms with E-state index in [1.807, 2.05) is 30.7 Å². The number of aryl methyl sites for hydroxylation is 1. The Morgan fingerprint density at radius 2 is 2.35 bits per heavy atom. The molecule has 0 aliphatic carbocycles. The largest absolute Gasteiger partial charge is 0.484 e. The minimum absolute atomic E-state index is 0.119. The molecule has 6 heteroatoms. The lowest BCUT2D eigenvalue weighted by molar-refractivity contribution is -0.119. The zero-order valence-electron chi connectivity index (χ0n) is 11.4. The molecule has 20 heavy (non-hydrogen) atoms. The maximum Gasteiger partial charge on any atom is 0.255 e. The highest BCUT2D eigenvalue weighted by atomic mass is 16.5. The number of carbonyl (C=O) groups is 1. The molecule has 0 saturated heterocycles.